The van der Waals surface area contributed by atoms with Crippen LogP contribution in [0, 0.1) is 0 Å². The molecular formula is C22H28ClN3O5S. The van der Waals surface area contributed by atoms with Crippen LogP contribution in [0.1, 0.15) is 13.3 Å². The van der Waals surface area contributed by atoms with Gasteiger partial charge >= 0.3 is 0 Å². The number of anilines is 1. The standard InChI is InChI=1S/C22H28ClN3O5S/c1-3-10-24-32(28,29)17-8-9-20(18(23)15-17)31-16-22(27)26-13-11-25(12-14-26)19-6-4-5-7-21(19)30-2/h4-9,15,24H,3,10-14,16H2,1-2H3. The SMILES string of the molecule is CCCNS(=O)(=O)c1ccc(OCC(=O)N2CCN(c3ccccc3OC)CC2)c(Cl)c1. The first-order valence-corrected chi connectivity index (χ1v) is 12.3. The molecule has 0 aliphatic carbocycles. The van der Waals surface area contributed by atoms with Gasteiger partial charge in [0, 0.05) is 32.7 Å². The Bertz CT molecular complexity index is 1040. The minimum atomic E-state index is -3.62. The van der Waals surface area contributed by atoms with E-state index in [2.05, 4.69) is 9.62 Å². The molecule has 2 aromatic carbocycles. The number of nitrogens with one attached hydrogen (secondary N) is 1. The molecule has 1 fully saturated rings. The number of para-hydroxylation sites is 2. The summed E-state index contributed by atoms with van der Waals surface area (Å²) in [5, 5.41) is 0.137. The first-order chi connectivity index (χ1) is 15.4. The van der Waals surface area contributed by atoms with Gasteiger partial charge in [0.05, 0.1) is 22.7 Å². The third-order valence-corrected chi connectivity index (χ3v) is 6.92. The van der Waals surface area contributed by atoms with Crippen LogP contribution in [0.5, 0.6) is 11.5 Å². The highest BCUT2D eigenvalue weighted by molar-refractivity contribution is 7.89. The second-order valence-corrected chi connectivity index (χ2v) is 9.49. The summed E-state index contributed by atoms with van der Waals surface area (Å²) in [5.41, 5.74) is 1.01. The summed E-state index contributed by atoms with van der Waals surface area (Å²) in [5.74, 6) is 0.921. The minimum Gasteiger partial charge on any atom is -0.495 e. The number of carbonyl (C=O) groups excluding carboxylic acids is 1. The number of ether oxygens (including phenoxy) is 2. The predicted octanol–water partition coefficient (Wildman–Crippen LogP) is 2.76. The number of halogens is 1. The molecule has 0 radical (unpaired) electrons. The smallest absolute Gasteiger partial charge is 0.260 e. The lowest BCUT2D eigenvalue weighted by Gasteiger charge is -2.36. The number of amides is 1. The van der Waals surface area contributed by atoms with Crippen molar-refractivity contribution in [2.45, 2.75) is 18.2 Å². The Morgan fingerprint density at radius 2 is 1.81 bits per heavy atom. The van der Waals surface area contributed by atoms with Gasteiger partial charge in [-0.05, 0) is 36.8 Å². The average Bonchev–Trinajstić information content (AvgIpc) is 2.81. The summed E-state index contributed by atoms with van der Waals surface area (Å²) in [7, 11) is -1.98. The zero-order valence-electron chi connectivity index (χ0n) is 18.2. The number of hydrogen-bond donors (Lipinski definition) is 1. The summed E-state index contributed by atoms with van der Waals surface area (Å²) in [6, 6.07) is 12.0. The van der Waals surface area contributed by atoms with Crippen molar-refractivity contribution in [1.29, 1.82) is 0 Å². The van der Waals surface area contributed by atoms with Crippen molar-refractivity contribution >= 4 is 33.2 Å². The maximum absolute atomic E-state index is 12.6. The molecule has 0 saturated carbocycles. The van der Waals surface area contributed by atoms with Crippen molar-refractivity contribution in [1.82, 2.24) is 9.62 Å². The van der Waals surface area contributed by atoms with Gasteiger partial charge < -0.3 is 19.3 Å². The highest BCUT2D eigenvalue weighted by Gasteiger charge is 2.23. The lowest BCUT2D eigenvalue weighted by molar-refractivity contribution is -0.133. The molecule has 32 heavy (non-hydrogen) atoms. The number of carbonyl (C=O) groups is 1. The van der Waals surface area contributed by atoms with E-state index >= 15 is 0 Å². The van der Waals surface area contributed by atoms with Crippen LogP contribution in [0.2, 0.25) is 5.02 Å². The number of sulfonamides is 1. The maximum Gasteiger partial charge on any atom is 0.260 e. The van der Waals surface area contributed by atoms with Crippen molar-refractivity contribution in [3.05, 3.63) is 47.5 Å². The third kappa shape index (κ3) is 5.85. The molecule has 0 spiro atoms. The normalized spacial score (nSPS) is 14.3. The van der Waals surface area contributed by atoms with Gasteiger partial charge in [-0.25, -0.2) is 13.1 Å². The van der Waals surface area contributed by atoms with E-state index in [0.717, 1.165) is 11.4 Å². The summed E-state index contributed by atoms with van der Waals surface area (Å²) in [6.07, 6.45) is 0.684. The first kappa shape index (κ1) is 24.2. The Hall–Kier alpha value is -2.49. The van der Waals surface area contributed by atoms with Crippen LogP contribution in [0.4, 0.5) is 5.69 Å². The van der Waals surface area contributed by atoms with Crippen molar-refractivity contribution in [3.63, 3.8) is 0 Å². The fourth-order valence-electron chi connectivity index (χ4n) is 3.40. The maximum atomic E-state index is 12.6. The number of rotatable bonds is 9. The molecule has 10 heteroatoms. The van der Waals surface area contributed by atoms with E-state index in [9.17, 15) is 13.2 Å². The van der Waals surface area contributed by atoms with Crippen molar-refractivity contribution in [2.75, 3.05) is 51.3 Å². The zero-order valence-corrected chi connectivity index (χ0v) is 19.8. The van der Waals surface area contributed by atoms with E-state index in [1.807, 2.05) is 31.2 Å². The molecule has 0 bridgehead atoms. The average molecular weight is 482 g/mol. The lowest BCUT2D eigenvalue weighted by Crippen LogP contribution is -2.50. The highest BCUT2D eigenvalue weighted by Crippen LogP contribution is 2.29. The fraction of sp³-hybridized carbons (Fsp3) is 0.409. The zero-order chi connectivity index (χ0) is 23.1. The van der Waals surface area contributed by atoms with Crippen LogP contribution < -0.4 is 19.1 Å². The summed E-state index contributed by atoms with van der Waals surface area (Å²) in [4.78, 5) is 16.6. The minimum absolute atomic E-state index is 0.0575. The molecule has 1 amide bonds. The monoisotopic (exact) mass is 481 g/mol. The van der Waals surface area contributed by atoms with Crippen LogP contribution in [0.3, 0.4) is 0 Å². The van der Waals surface area contributed by atoms with Crippen molar-refractivity contribution in [2.24, 2.45) is 0 Å². The largest absolute Gasteiger partial charge is 0.495 e. The van der Waals surface area contributed by atoms with Crippen molar-refractivity contribution < 1.29 is 22.7 Å². The highest BCUT2D eigenvalue weighted by atomic mass is 35.5. The van der Waals surface area contributed by atoms with Crippen LogP contribution in [0.25, 0.3) is 0 Å². The van der Waals surface area contributed by atoms with E-state index in [-0.39, 0.29) is 28.2 Å². The van der Waals surface area contributed by atoms with E-state index in [1.54, 1.807) is 12.0 Å². The number of hydrogen-bond acceptors (Lipinski definition) is 6. The second kappa shape index (κ2) is 10.9. The molecule has 1 saturated heterocycles. The van der Waals surface area contributed by atoms with E-state index in [1.165, 1.54) is 18.2 Å². The molecule has 1 aliphatic heterocycles. The predicted molar refractivity (Wildman–Crippen MR) is 124 cm³/mol. The molecule has 3 rings (SSSR count). The molecule has 1 heterocycles. The Balaban J connectivity index is 1.54. The quantitative estimate of drug-likeness (QED) is 0.592. The lowest BCUT2D eigenvalue weighted by atomic mass is 10.2. The van der Waals surface area contributed by atoms with Crippen LogP contribution >= 0.6 is 11.6 Å². The Kier molecular flexibility index (Phi) is 8.22. The van der Waals surface area contributed by atoms with Gasteiger partial charge in [-0.15, -0.1) is 0 Å². The van der Waals surface area contributed by atoms with Crippen LogP contribution in [0.15, 0.2) is 47.4 Å². The van der Waals surface area contributed by atoms with E-state index in [0.29, 0.717) is 39.1 Å². The van der Waals surface area contributed by atoms with Crippen LogP contribution in [-0.2, 0) is 14.8 Å². The molecule has 0 aromatic heterocycles. The van der Waals surface area contributed by atoms with E-state index < -0.39 is 10.0 Å². The molecule has 1 aliphatic rings. The third-order valence-electron chi connectivity index (χ3n) is 5.17. The number of methoxy groups -OCH3 is 1. The summed E-state index contributed by atoms with van der Waals surface area (Å²) < 4.78 is 37.9. The Morgan fingerprint density at radius 1 is 1.09 bits per heavy atom. The topological polar surface area (TPSA) is 88.2 Å². The van der Waals surface area contributed by atoms with Gasteiger partial charge in [0.1, 0.15) is 11.5 Å². The summed E-state index contributed by atoms with van der Waals surface area (Å²) >= 11 is 6.19. The van der Waals surface area contributed by atoms with Gasteiger partial charge in [-0.1, -0.05) is 30.7 Å². The Labute approximate surface area is 194 Å². The van der Waals surface area contributed by atoms with Gasteiger partial charge in [0.15, 0.2) is 6.61 Å². The molecule has 0 unspecified atom stereocenters. The van der Waals surface area contributed by atoms with Crippen molar-refractivity contribution in [3.8, 4) is 11.5 Å². The van der Waals surface area contributed by atoms with Gasteiger partial charge in [0.25, 0.3) is 5.91 Å². The fourth-order valence-corrected chi connectivity index (χ4v) is 4.86. The van der Waals surface area contributed by atoms with E-state index in [4.69, 9.17) is 21.1 Å². The second-order valence-electron chi connectivity index (χ2n) is 7.32. The molecule has 0 atom stereocenters. The molecule has 8 nitrogen and oxygen atoms in total. The Morgan fingerprint density at radius 3 is 2.47 bits per heavy atom. The molecule has 2 aromatic rings. The number of nitrogens with zero attached hydrogens (tertiary/aromatic N) is 2. The summed E-state index contributed by atoms with van der Waals surface area (Å²) in [6.45, 7) is 4.55. The van der Waals surface area contributed by atoms with Gasteiger partial charge in [0.2, 0.25) is 10.0 Å². The molecular weight excluding hydrogens is 454 g/mol. The first-order valence-electron chi connectivity index (χ1n) is 10.4. The number of benzene rings is 2. The molecule has 174 valence electrons. The van der Waals surface area contributed by atoms with Gasteiger partial charge in [-0.3, -0.25) is 4.79 Å². The van der Waals surface area contributed by atoms with Crippen LogP contribution in [-0.4, -0.2) is 65.7 Å². The van der Waals surface area contributed by atoms with Gasteiger partial charge in [-0.2, -0.15) is 0 Å². The molecule has 1 N–H and O–H groups in total. The number of piperazine rings is 1.